The molecule has 1 aliphatic heterocycles. The Labute approximate surface area is 126 Å². The number of para-hydroxylation sites is 1. The van der Waals surface area contributed by atoms with Crippen LogP contribution in [0.25, 0.3) is 0 Å². The lowest BCUT2D eigenvalue weighted by atomic mass is 10.1. The van der Waals surface area contributed by atoms with Crippen LogP contribution in [0.4, 0.5) is 11.4 Å². The van der Waals surface area contributed by atoms with Gasteiger partial charge in [0.2, 0.25) is 0 Å². The molecular weight excluding hydrogens is 260 g/mol. The zero-order valence-electron chi connectivity index (χ0n) is 12.5. The zero-order chi connectivity index (χ0) is 14.7. The fourth-order valence-electron chi connectivity index (χ4n) is 2.99. The van der Waals surface area contributed by atoms with Crippen molar-refractivity contribution in [3.05, 3.63) is 53.6 Å². The van der Waals surface area contributed by atoms with E-state index in [1.807, 2.05) is 18.2 Å². The van der Waals surface area contributed by atoms with Gasteiger partial charge in [0, 0.05) is 24.5 Å². The number of fused-ring (bicyclic) bond motifs is 1. The van der Waals surface area contributed by atoms with Crippen molar-refractivity contribution in [3.8, 4) is 5.75 Å². The van der Waals surface area contributed by atoms with Gasteiger partial charge in [-0.2, -0.15) is 0 Å². The number of nitrogens with two attached hydrogens (primary N) is 1. The second-order valence-corrected chi connectivity index (χ2v) is 5.57. The number of nitrogen functional groups attached to an aromatic ring is 1. The van der Waals surface area contributed by atoms with E-state index in [2.05, 4.69) is 29.2 Å². The number of methoxy groups -OCH3 is 1. The van der Waals surface area contributed by atoms with Crippen molar-refractivity contribution in [1.29, 1.82) is 0 Å². The lowest BCUT2D eigenvalue weighted by molar-refractivity contribution is 0.414. The van der Waals surface area contributed by atoms with E-state index in [9.17, 15) is 0 Å². The molecule has 0 fully saturated rings. The van der Waals surface area contributed by atoms with Gasteiger partial charge in [-0.1, -0.05) is 18.2 Å². The maximum atomic E-state index is 6.14. The monoisotopic (exact) mass is 282 g/mol. The second kappa shape index (κ2) is 6.08. The summed E-state index contributed by atoms with van der Waals surface area (Å²) in [6.45, 7) is 1.91. The van der Waals surface area contributed by atoms with Crippen LogP contribution in [0.3, 0.4) is 0 Å². The minimum atomic E-state index is 0.831. The minimum absolute atomic E-state index is 0.831. The van der Waals surface area contributed by atoms with E-state index in [0.717, 1.165) is 30.1 Å². The van der Waals surface area contributed by atoms with Crippen LogP contribution < -0.4 is 15.4 Å². The van der Waals surface area contributed by atoms with E-state index in [1.165, 1.54) is 30.5 Å². The van der Waals surface area contributed by atoms with E-state index in [1.54, 1.807) is 7.11 Å². The summed E-state index contributed by atoms with van der Waals surface area (Å²) in [4.78, 5) is 2.44. The standard InChI is InChI=1S/C18H22N2O/c1-21-16-9-10-17(19)15(12-16)13-20-11-5-4-7-14-6-2-3-8-18(14)20/h2-3,6,8-10,12H,4-5,7,11,13,19H2,1H3. The Morgan fingerprint density at radius 1 is 1.14 bits per heavy atom. The highest BCUT2D eigenvalue weighted by molar-refractivity contribution is 5.58. The molecule has 3 rings (SSSR count). The summed E-state index contributed by atoms with van der Waals surface area (Å²) < 4.78 is 5.32. The van der Waals surface area contributed by atoms with Gasteiger partial charge in [0.05, 0.1) is 7.11 Å². The topological polar surface area (TPSA) is 38.5 Å². The van der Waals surface area contributed by atoms with Gasteiger partial charge in [0.15, 0.2) is 0 Å². The second-order valence-electron chi connectivity index (χ2n) is 5.57. The van der Waals surface area contributed by atoms with Crippen LogP contribution in [-0.2, 0) is 13.0 Å². The first-order chi connectivity index (χ1) is 10.3. The Morgan fingerprint density at radius 3 is 2.86 bits per heavy atom. The normalized spacial score (nSPS) is 14.4. The highest BCUT2D eigenvalue weighted by atomic mass is 16.5. The fraction of sp³-hybridized carbons (Fsp3) is 0.333. The van der Waals surface area contributed by atoms with Crippen molar-refractivity contribution >= 4 is 11.4 Å². The Balaban J connectivity index is 1.91. The zero-order valence-corrected chi connectivity index (χ0v) is 12.5. The maximum Gasteiger partial charge on any atom is 0.119 e. The van der Waals surface area contributed by atoms with Gasteiger partial charge >= 0.3 is 0 Å². The summed E-state index contributed by atoms with van der Waals surface area (Å²) in [6.07, 6.45) is 3.64. The third-order valence-electron chi connectivity index (χ3n) is 4.17. The number of hydrogen-bond donors (Lipinski definition) is 1. The molecule has 3 heteroatoms. The quantitative estimate of drug-likeness (QED) is 0.874. The highest BCUT2D eigenvalue weighted by Crippen LogP contribution is 2.29. The first kappa shape index (κ1) is 13.8. The molecular formula is C18H22N2O. The first-order valence-electron chi connectivity index (χ1n) is 7.53. The molecule has 3 nitrogen and oxygen atoms in total. The van der Waals surface area contributed by atoms with Crippen molar-refractivity contribution in [3.63, 3.8) is 0 Å². The minimum Gasteiger partial charge on any atom is -0.497 e. The van der Waals surface area contributed by atoms with Crippen molar-refractivity contribution in [2.24, 2.45) is 0 Å². The lowest BCUT2D eigenvalue weighted by Crippen LogP contribution is -2.24. The van der Waals surface area contributed by atoms with E-state index in [0.29, 0.717) is 0 Å². The van der Waals surface area contributed by atoms with Crippen LogP contribution in [0.15, 0.2) is 42.5 Å². The van der Waals surface area contributed by atoms with Crippen LogP contribution in [0, 0.1) is 0 Å². The van der Waals surface area contributed by atoms with Crippen LogP contribution in [0.5, 0.6) is 5.75 Å². The molecule has 0 spiro atoms. The maximum absolute atomic E-state index is 6.14. The van der Waals surface area contributed by atoms with Crippen molar-refractivity contribution in [2.45, 2.75) is 25.8 Å². The Bertz CT molecular complexity index is 624. The van der Waals surface area contributed by atoms with Gasteiger partial charge < -0.3 is 15.4 Å². The van der Waals surface area contributed by atoms with Crippen LogP contribution in [-0.4, -0.2) is 13.7 Å². The number of hydrogen-bond acceptors (Lipinski definition) is 3. The summed E-state index contributed by atoms with van der Waals surface area (Å²) in [5, 5.41) is 0. The molecule has 0 saturated carbocycles. The Kier molecular flexibility index (Phi) is 4.00. The average molecular weight is 282 g/mol. The van der Waals surface area contributed by atoms with Crippen LogP contribution in [0.1, 0.15) is 24.0 Å². The third kappa shape index (κ3) is 2.97. The third-order valence-corrected chi connectivity index (χ3v) is 4.17. The molecule has 0 atom stereocenters. The Morgan fingerprint density at radius 2 is 2.00 bits per heavy atom. The van der Waals surface area contributed by atoms with Gasteiger partial charge in [-0.25, -0.2) is 0 Å². The van der Waals surface area contributed by atoms with Gasteiger partial charge in [-0.3, -0.25) is 0 Å². The molecule has 0 bridgehead atoms. The molecule has 1 aliphatic rings. The number of ether oxygens (including phenoxy) is 1. The molecule has 0 aliphatic carbocycles. The first-order valence-corrected chi connectivity index (χ1v) is 7.53. The van der Waals surface area contributed by atoms with Gasteiger partial charge in [0.1, 0.15) is 5.75 Å². The predicted molar refractivity (Wildman–Crippen MR) is 87.8 cm³/mol. The molecule has 2 aromatic carbocycles. The number of rotatable bonds is 3. The molecule has 21 heavy (non-hydrogen) atoms. The number of nitrogens with zero attached hydrogens (tertiary/aromatic N) is 1. The average Bonchev–Trinajstić information content (AvgIpc) is 2.72. The SMILES string of the molecule is COc1ccc(N)c(CN2CCCCc3ccccc32)c1. The van der Waals surface area contributed by atoms with Crippen molar-refractivity contribution < 1.29 is 4.74 Å². The molecule has 0 aromatic heterocycles. The molecule has 110 valence electrons. The summed E-state index contributed by atoms with van der Waals surface area (Å²) in [5.74, 6) is 0.863. The molecule has 1 heterocycles. The van der Waals surface area contributed by atoms with E-state index >= 15 is 0 Å². The largest absolute Gasteiger partial charge is 0.497 e. The smallest absolute Gasteiger partial charge is 0.119 e. The molecule has 0 saturated heterocycles. The molecule has 0 radical (unpaired) electrons. The molecule has 0 amide bonds. The fourth-order valence-corrected chi connectivity index (χ4v) is 2.99. The summed E-state index contributed by atoms with van der Waals surface area (Å²) in [6, 6.07) is 14.6. The summed E-state index contributed by atoms with van der Waals surface area (Å²) >= 11 is 0. The van der Waals surface area contributed by atoms with E-state index in [-0.39, 0.29) is 0 Å². The molecule has 0 unspecified atom stereocenters. The van der Waals surface area contributed by atoms with Crippen LogP contribution in [0.2, 0.25) is 0 Å². The summed E-state index contributed by atoms with van der Waals surface area (Å²) in [5.41, 5.74) is 10.9. The molecule has 2 aromatic rings. The highest BCUT2D eigenvalue weighted by Gasteiger charge is 2.16. The lowest BCUT2D eigenvalue weighted by Gasteiger charge is -2.26. The van der Waals surface area contributed by atoms with E-state index < -0.39 is 0 Å². The summed E-state index contributed by atoms with van der Waals surface area (Å²) in [7, 11) is 1.69. The number of aryl methyl sites for hydroxylation is 1. The van der Waals surface area contributed by atoms with Crippen molar-refractivity contribution in [1.82, 2.24) is 0 Å². The van der Waals surface area contributed by atoms with Gasteiger partial charge in [0.25, 0.3) is 0 Å². The van der Waals surface area contributed by atoms with Gasteiger partial charge in [-0.15, -0.1) is 0 Å². The van der Waals surface area contributed by atoms with Crippen LogP contribution >= 0.6 is 0 Å². The predicted octanol–water partition coefficient (Wildman–Crippen LogP) is 3.62. The van der Waals surface area contributed by atoms with E-state index in [4.69, 9.17) is 10.5 Å². The van der Waals surface area contributed by atoms with Gasteiger partial charge in [-0.05, 0) is 54.7 Å². The number of anilines is 2. The Hall–Kier alpha value is -2.16. The molecule has 2 N–H and O–H groups in total. The van der Waals surface area contributed by atoms with Crippen molar-refractivity contribution in [2.75, 3.05) is 24.3 Å². The number of benzene rings is 2.